The van der Waals surface area contributed by atoms with Crippen molar-refractivity contribution in [1.82, 2.24) is 0 Å². The minimum Gasteiger partial charge on any atom is -0.486 e. The van der Waals surface area contributed by atoms with E-state index in [0.29, 0.717) is 12.1 Å². The van der Waals surface area contributed by atoms with Gasteiger partial charge in [-0.1, -0.05) is 25.8 Å². The molecule has 3 rings (SSSR count). The van der Waals surface area contributed by atoms with Crippen LogP contribution in [0.1, 0.15) is 50.2 Å². The van der Waals surface area contributed by atoms with Gasteiger partial charge in [-0.15, -0.1) is 0 Å². The summed E-state index contributed by atoms with van der Waals surface area (Å²) in [5.74, 6) is 1.97. The van der Waals surface area contributed by atoms with Gasteiger partial charge in [-0.3, -0.25) is 0 Å². The van der Waals surface area contributed by atoms with Crippen molar-refractivity contribution in [1.29, 1.82) is 0 Å². The van der Waals surface area contributed by atoms with Crippen molar-refractivity contribution < 1.29 is 4.74 Å². The number of nitrogens with one attached hydrogen (secondary N) is 1. The fraction of sp³-hybridized carbons (Fsp3) is 0.647. The maximum Gasteiger partial charge on any atom is 0.145 e. The highest BCUT2D eigenvalue weighted by Crippen LogP contribution is 2.41. The monoisotopic (exact) mass is 259 g/mol. The van der Waals surface area contributed by atoms with E-state index in [1.165, 1.54) is 48.9 Å². The Morgan fingerprint density at radius 1 is 1.26 bits per heavy atom. The summed E-state index contributed by atoms with van der Waals surface area (Å²) in [6.45, 7) is 6.59. The third-order valence-corrected chi connectivity index (χ3v) is 4.62. The van der Waals surface area contributed by atoms with Gasteiger partial charge in [-0.25, -0.2) is 0 Å². The van der Waals surface area contributed by atoms with Gasteiger partial charge >= 0.3 is 0 Å². The molecular weight excluding hydrogens is 234 g/mol. The summed E-state index contributed by atoms with van der Waals surface area (Å²) >= 11 is 0. The number of fused-ring (bicyclic) bond motifs is 2. The molecule has 1 saturated carbocycles. The van der Waals surface area contributed by atoms with Gasteiger partial charge in [0.2, 0.25) is 0 Å². The molecule has 104 valence electrons. The predicted octanol–water partition coefficient (Wildman–Crippen LogP) is 4.45. The molecule has 1 aliphatic carbocycles. The molecule has 1 N–H and O–H groups in total. The van der Waals surface area contributed by atoms with Gasteiger partial charge in [-0.05, 0) is 56.2 Å². The first-order valence-electron chi connectivity index (χ1n) is 7.71. The van der Waals surface area contributed by atoms with E-state index in [1.54, 1.807) is 0 Å². The smallest absolute Gasteiger partial charge is 0.145 e. The molecule has 1 aromatic rings. The fourth-order valence-electron chi connectivity index (χ4n) is 3.76. The molecule has 2 aliphatic rings. The van der Waals surface area contributed by atoms with Crippen molar-refractivity contribution in [2.75, 3.05) is 5.32 Å². The zero-order valence-electron chi connectivity index (χ0n) is 12.3. The van der Waals surface area contributed by atoms with E-state index in [0.717, 1.165) is 11.7 Å². The van der Waals surface area contributed by atoms with Crippen LogP contribution in [0.3, 0.4) is 0 Å². The highest BCUT2D eigenvalue weighted by atomic mass is 16.5. The molecule has 0 spiro atoms. The molecule has 0 saturated heterocycles. The Morgan fingerprint density at radius 2 is 2.11 bits per heavy atom. The number of aryl methyl sites for hydroxylation is 2. The molecule has 0 amide bonds. The first-order chi connectivity index (χ1) is 9.17. The number of rotatable bonds is 2. The molecule has 19 heavy (non-hydrogen) atoms. The Kier molecular flexibility index (Phi) is 3.42. The van der Waals surface area contributed by atoms with E-state index in [4.69, 9.17) is 4.74 Å². The Balaban J connectivity index is 1.81. The van der Waals surface area contributed by atoms with Crippen molar-refractivity contribution in [3.8, 4) is 5.75 Å². The lowest BCUT2D eigenvalue weighted by atomic mass is 9.80. The second-order valence-corrected chi connectivity index (χ2v) is 6.33. The van der Waals surface area contributed by atoms with E-state index in [1.807, 2.05) is 0 Å². The zero-order valence-corrected chi connectivity index (χ0v) is 12.3. The van der Waals surface area contributed by atoms with Crippen LogP contribution < -0.4 is 10.1 Å². The van der Waals surface area contributed by atoms with Crippen molar-refractivity contribution in [2.24, 2.45) is 5.92 Å². The van der Waals surface area contributed by atoms with Gasteiger partial charge in [0.25, 0.3) is 0 Å². The molecule has 3 atom stereocenters. The number of anilines is 1. The number of hydrogen-bond acceptors (Lipinski definition) is 2. The van der Waals surface area contributed by atoms with E-state index in [-0.39, 0.29) is 0 Å². The minimum absolute atomic E-state index is 0.377. The van der Waals surface area contributed by atoms with E-state index >= 15 is 0 Å². The van der Waals surface area contributed by atoms with E-state index in [2.05, 4.69) is 38.2 Å². The molecule has 2 nitrogen and oxygen atoms in total. The maximum atomic E-state index is 6.29. The number of hydrogen-bond donors (Lipinski definition) is 1. The highest BCUT2D eigenvalue weighted by molar-refractivity contribution is 5.63. The third-order valence-electron chi connectivity index (χ3n) is 4.62. The largest absolute Gasteiger partial charge is 0.486 e. The van der Waals surface area contributed by atoms with Crippen LogP contribution >= 0.6 is 0 Å². The average molecular weight is 259 g/mol. The van der Waals surface area contributed by atoms with Crippen molar-refractivity contribution in [2.45, 2.75) is 65.0 Å². The molecule has 1 heterocycles. The third kappa shape index (κ3) is 2.45. The topological polar surface area (TPSA) is 21.3 Å². The van der Waals surface area contributed by atoms with E-state index < -0.39 is 0 Å². The van der Waals surface area contributed by atoms with Crippen molar-refractivity contribution in [3.63, 3.8) is 0 Å². The summed E-state index contributed by atoms with van der Waals surface area (Å²) in [6.07, 6.45) is 6.85. The van der Waals surface area contributed by atoms with Gasteiger partial charge < -0.3 is 10.1 Å². The van der Waals surface area contributed by atoms with Crippen LogP contribution in [0.5, 0.6) is 5.75 Å². The van der Waals surface area contributed by atoms with Crippen LogP contribution in [0.2, 0.25) is 0 Å². The molecular formula is C17H25NO. The van der Waals surface area contributed by atoms with Gasteiger partial charge in [0.15, 0.2) is 0 Å². The average Bonchev–Trinajstić information content (AvgIpc) is 2.37. The summed E-state index contributed by atoms with van der Waals surface area (Å²) in [4.78, 5) is 0. The molecule has 1 aromatic carbocycles. The molecule has 1 aliphatic heterocycles. The van der Waals surface area contributed by atoms with Crippen LogP contribution in [0.25, 0.3) is 0 Å². The first kappa shape index (κ1) is 12.8. The summed E-state index contributed by atoms with van der Waals surface area (Å²) in [7, 11) is 0. The SMILES string of the molecule is CCCC1CCC2Oc3c(C)cc(C)cc3NC2C1. The standard InChI is InChI=1S/C17H25NO/c1-4-5-13-6-7-16-14(10-13)18-15-9-11(2)8-12(3)17(15)19-16/h8-9,13-14,16,18H,4-7,10H2,1-3H3. The predicted molar refractivity (Wildman–Crippen MR) is 80.0 cm³/mol. The highest BCUT2D eigenvalue weighted by Gasteiger charge is 2.35. The molecule has 2 heteroatoms. The van der Waals surface area contributed by atoms with Crippen LogP contribution in [0.4, 0.5) is 5.69 Å². The van der Waals surface area contributed by atoms with Gasteiger partial charge in [-0.2, -0.15) is 0 Å². The Hall–Kier alpha value is -1.18. The van der Waals surface area contributed by atoms with Crippen LogP contribution in [-0.4, -0.2) is 12.1 Å². The van der Waals surface area contributed by atoms with Crippen molar-refractivity contribution >= 4 is 5.69 Å². The quantitative estimate of drug-likeness (QED) is 0.847. The van der Waals surface area contributed by atoms with Gasteiger partial charge in [0, 0.05) is 0 Å². The lowest BCUT2D eigenvalue weighted by Crippen LogP contribution is -2.46. The molecule has 0 bridgehead atoms. The fourth-order valence-corrected chi connectivity index (χ4v) is 3.76. The van der Waals surface area contributed by atoms with Crippen LogP contribution in [-0.2, 0) is 0 Å². The molecule has 0 aromatic heterocycles. The van der Waals surface area contributed by atoms with Crippen molar-refractivity contribution in [3.05, 3.63) is 23.3 Å². The zero-order chi connectivity index (χ0) is 13.4. The molecule has 0 radical (unpaired) electrons. The number of benzene rings is 1. The van der Waals surface area contributed by atoms with E-state index in [9.17, 15) is 0 Å². The number of ether oxygens (including phenoxy) is 1. The summed E-state index contributed by atoms with van der Waals surface area (Å²) < 4.78 is 6.29. The maximum absolute atomic E-state index is 6.29. The van der Waals surface area contributed by atoms with Gasteiger partial charge in [0.05, 0.1) is 11.7 Å². The van der Waals surface area contributed by atoms with Gasteiger partial charge in [0.1, 0.15) is 11.9 Å². The summed E-state index contributed by atoms with van der Waals surface area (Å²) in [5, 5.41) is 3.74. The van der Waals surface area contributed by atoms with Crippen LogP contribution in [0, 0.1) is 19.8 Å². The lowest BCUT2D eigenvalue weighted by Gasteiger charge is -2.41. The molecule has 1 fully saturated rings. The van der Waals surface area contributed by atoms with Crippen LogP contribution in [0.15, 0.2) is 12.1 Å². The lowest BCUT2D eigenvalue weighted by molar-refractivity contribution is 0.104. The molecule has 3 unspecified atom stereocenters. The second-order valence-electron chi connectivity index (χ2n) is 6.33. The Labute approximate surface area is 116 Å². The first-order valence-corrected chi connectivity index (χ1v) is 7.71. The second kappa shape index (κ2) is 5.07. The minimum atomic E-state index is 0.377. The normalized spacial score (nSPS) is 28.9. The summed E-state index contributed by atoms with van der Waals surface area (Å²) in [6, 6.07) is 4.95. The summed E-state index contributed by atoms with van der Waals surface area (Å²) in [5.41, 5.74) is 3.78. The Morgan fingerprint density at radius 3 is 2.89 bits per heavy atom. The Bertz CT molecular complexity index is 469.